The second kappa shape index (κ2) is 3.36. The minimum absolute atomic E-state index is 0.0588. The Morgan fingerprint density at radius 1 is 1.53 bits per heavy atom. The van der Waals surface area contributed by atoms with Gasteiger partial charge < -0.3 is 4.90 Å². The van der Waals surface area contributed by atoms with Crippen molar-refractivity contribution in [1.29, 1.82) is 0 Å². The molecule has 82 valence electrons. The third kappa shape index (κ3) is 2.19. The number of aromatic amines is 1. The average Bonchev–Trinajstić information content (AvgIpc) is 2.56. The van der Waals surface area contributed by atoms with Crippen molar-refractivity contribution in [2.24, 2.45) is 5.41 Å². The van der Waals surface area contributed by atoms with Crippen molar-refractivity contribution < 1.29 is 4.79 Å². The van der Waals surface area contributed by atoms with Gasteiger partial charge in [-0.3, -0.25) is 9.89 Å². The van der Waals surface area contributed by atoms with Gasteiger partial charge in [0.2, 0.25) is 5.91 Å². The van der Waals surface area contributed by atoms with Crippen LogP contribution in [0.4, 0.5) is 0 Å². The maximum atomic E-state index is 11.9. The second-order valence-corrected chi connectivity index (χ2v) is 5.34. The maximum absolute atomic E-state index is 11.9. The van der Waals surface area contributed by atoms with Gasteiger partial charge in [-0.2, -0.15) is 5.10 Å². The predicted molar refractivity (Wildman–Crippen MR) is 56.9 cm³/mol. The fourth-order valence-corrected chi connectivity index (χ4v) is 1.80. The van der Waals surface area contributed by atoms with Crippen LogP contribution in [0.15, 0.2) is 6.20 Å². The molecule has 4 heteroatoms. The van der Waals surface area contributed by atoms with Gasteiger partial charge in [-0.15, -0.1) is 0 Å². The molecule has 2 rings (SSSR count). The molecular weight excluding hydrogens is 190 g/mol. The summed E-state index contributed by atoms with van der Waals surface area (Å²) < 4.78 is 0. The molecule has 1 aliphatic heterocycles. The van der Waals surface area contributed by atoms with Crippen LogP contribution in [0.2, 0.25) is 0 Å². The minimum Gasteiger partial charge on any atom is -0.332 e. The molecule has 1 amide bonds. The first-order valence-corrected chi connectivity index (χ1v) is 5.25. The number of carbonyl (C=O) groups is 1. The van der Waals surface area contributed by atoms with E-state index in [1.54, 1.807) is 0 Å². The fraction of sp³-hybridized carbons (Fsp3) is 0.636. The largest absolute Gasteiger partial charge is 0.332 e. The number of nitrogens with one attached hydrogen (secondary N) is 1. The first-order valence-electron chi connectivity index (χ1n) is 5.25. The molecule has 4 nitrogen and oxygen atoms in total. The summed E-state index contributed by atoms with van der Waals surface area (Å²) in [6.07, 6.45) is 2.47. The molecule has 2 heterocycles. The van der Waals surface area contributed by atoms with Crippen LogP contribution < -0.4 is 0 Å². The van der Waals surface area contributed by atoms with Crippen LogP contribution in [0.25, 0.3) is 0 Å². The Balaban J connectivity index is 1.98. The zero-order valence-corrected chi connectivity index (χ0v) is 9.50. The summed E-state index contributed by atoms with van der Waals surface area (Å²) >= 11 is 0. The predicted octanol–water partition coefficient (Wildman–Crippen LogP) is 1.69. The molecule has 0 spiro atoms. The van der Waals surface area contributed by atoms with Crippen molar-refractivity contribution in [3.63, 3.8) is 0 Å². The van der Waals surface area contributed by atoms with E-state index in [0.717, 1.165) is 11.3 Å². The van der Waals surface area contributed by atoms with Gasteiger partial charge in [0.1, 0.15) is 0 Å². The Morgan fingerprint density at radius 2 is 2.27 bits per heavy atom. The highest BCUT2D eigenvalue weighted by Gasteiger charge is 2.27. The number of hydrogen-bond acceptors (Lipinski definition) is 2. The standard InChI is InChI=1S/C11H17N3O/c1-11(2,3)4-10(15)14-6-8-5-12-13-9(8)7-14/h5H,4,6-7H2,1-3H3,(H,12,13). The van der Waals surface area contributed by atoms with E-state index in [1.165, 1.54) is 0 Å². The number of carbonyl (C=O) groups excluding carboxylic acids is 1. The van der Waals surface area contributed by atoms with Crippen molar-refractivity contribution in [1.82, 2.24) is 15.1 Å². The third-order valence-corrected chi connectivity index (χ3v) is 2.55. The molecule has 0 atom stereocenters. The van der Waals surface area contributed by atoms with Crippen molar-refractivity contribution in [3.05, 3.63) is 17.5 Å². The van der Waals surface area contributed by atoms with E-state index in [0.29, 0.717) is 19.5 Å². The first-order chi connectivity index (χ1) is 6.96. The molecule has 0 saturated heterocycles. The summed E-state index contributed by atoms with van der Waals surface area (Å²) in [7, 11) is 0. The highest BCUT2D eigenvalue weighted by molar-refractivity contribution is 5.77. The van der Waals surface area contributed by atoms with Crippen LogP contribution in [0.1, 0.15) is 38.4 Å². The van der Waals surface area contributed by atoms with E-state index in [1.807, 2.05) is 11.1 Å². The molecule has 15 heavy (non-hydrogen) atoms. The van der Waals surface area contributed by atoms with Gasteiger partial charge in [-0.1, -0.05) is 20.8 Å². The van der Waals surface area contributed by atoms with Crippen LogP contribution in [-0.2, 0) is 17.9 Å². The Bertz CT molecular complexity index is 355. The Kier molecular flexibility index (Phi) is 2.29. The quantitative estimate of drug-likeness (QED) is 0.761. The topological polar surface area (TPSA) is 49.0 Å². The van der Waals surface area contributed by atoms with Crippen LogP contribution in [-0.4, -0.2) is 21.0 Å². The lowest BCUT2D eigenvalue weighted by atomic mass is 9.92. The molecule has 0 aliphatic carbocycles. The van der Waals surface area contributed by atoms with Crippen molar-refractivity contribution >= 4 is 5.91 Å². The average molecular weight is 207 g/mol. The minimum atomic E-state index is 0.0588. The summed E-state index contributed by atoms with van der Waals surface area (Å²) in [4.78, 5) is 13.8. The Hall–Kier alpha value is -1.32. The number of fused-ring (bicyclic) bond motifs is 1. The van der Waals surface area contributed by atoms with Gasteiger partial charge in [0.15, 0.2) is 0 Å². The van der Waals surface area contributed by atoms with Crippen LogP contribution in [0.5, 0.6) is 0 Å². The highest BCUT2D eigenvalue weighted by Crippen LogP contribution is 2.25. The molecule has 0 bridgehead atoms. The number of nitrogens with zero attached hydrogens (tertiary/aromatic N) is 2. The van der Waals surface area contributed by atoms with Crippen molar-refractivity contribution in [2.45, 2.75) is 40.3 Å². The maximum Gasteiger partial charge on any atom is 0.223 e. The smallest absolute Gasteiger partial charge is 0.223 e. The van der Waals surface area contributed by atoms with Gasteiger partial charge in [-0.05, 0) is 5.41 Å². The molecule has 0 aromatic carbocycles. The van der Waals surface area contributed by atoms with Gasteiger partial charge in [-0.25, -0.2) is 0 Å². The highest BCUT2D eigenvalue weighted by atomic mass is 16.2. The van der Waals surface area contributed by atoms with E-state index in [9.17, 15) is 4.79 Å². The molecule has 0 fully saturated rings. The Labute approximate surface area is 89.7 Å². The third-order valence-electron chi connectivity index (χ3n) is 2.55. The number of hydrogen-bond donors (Lipinski definition) is 1. The normalized spacial score (nSPS) is 15.5. The molecule has 0 unspecified atom stereocenters. The van der Waals surface area contributed by atoms with Crippen LogP contribution in [0, 0.1) is 5.41 Å². The van der Waals surface area contributed by atoms with E-state index in [4.69, 9.17) is 0 Å². The molecule has 1 N–H and O–H groups in total. The van der Waals surface area contributed by atoms with Crippen LogP contribution >= 0.6 is 0 Å². The lowest BCUT2D eigenvalue weighted by molar-refractivity contribution is -0.133. The summed E-state index contributed by atoms with van der Waals surface area (Å²) in [6, 6.07) is 0. The van der Waals surface area contributed by atoms with E-state index in [-0.39, 0.29) is 11.3 Å². The zero-order valence-electron chi connectivity index (χ0n) is 9.50. The lowest BCUT2D eigenvalue weighted by Crippen LogP contribution is -2.29. The molecule has 1 aromatic rings. The lowest BCUT2D eigenvalue weighted by Gasteiger charge is -2.22. The molecule has 1 aromatic heterocycles. The summed E-state index contributed by atoms with van der Waals surface area (Å²) in [6.45, 7) is 7.62. The molecule has 0 saturated carbocycles. The van der Waals surface area contributed by atoms with E-state index >= 15 is 0 Å². The summed E-state index contributed by atoms with van der Waals surface area (Å²) in [5.41, 5.74) is 2.22. The molecular formula is C11H17N3O. The van der Waals surface area contributed by atoms with Gasteiger partial charge in [0.05, 0.1) is 12.2 Å². The zero-order chi connectivity index (χ0) is 11.1. The van der Waals surface area contributed by atoms with Gasteiger partial charge in [0, 0.05) is 24.7 Å². The molecule has 1 aliphatic rings. The molecule has 0 radical (unpaired) electrons. The number of amides is 1. The second-order valence-electron chi connectivity index (χ2n) is 5.34. The Morgan fingerprint density at radius 3 is 2.87 bits per heavy atom. The summed E-state index contributed by atoms with van der Waals surface area (Å²) in [5.74, 6) is 0.223. The number of aromatic nitrogens is 2. The number of H-pyrrole nitrogens is 1. The van der Waals surface area contributed by atoms with E-state index < -0.39 is 0 Å². The fourth-order valence-electron chi connectivity index (χ4n) is 1.80. The van der Waals surface area contributed by atoms with Gasteiger partial charge in [0.25, 0.3) is 0 Å². The monoisotopic (exact) mass is 207 g/mol. The summed E-state index contributed by atoms with van der Waals surface area (Å²) in [5, 5.41) is 6.93. The van der Waals surface area contributed by atoms with E-state index in [2.05, 4.69) is 31.0 Å². The van der Waals surface area contributed by atoms with Gasteiger partial charge >= 0.3 is 0 Å². The SMILES string of the molecule is CC(C)(C)CC(=O)N1Cc2c[nH]nc2C1. The van der Waals surface area contributed by atoms with Crippen molar-refractivity contribution in [2.75, 3.05) is 0 Å². The first kappa shape index (κ1) is 10.2. The van der Waals surface area contributed by atoms with Crippen molar-refractivity contribution in [3.8, 4) is 0 Å². The number of rotatable bonds is 1. The van der Waals surface area contributed by atoms with Crippen LogP contribution in [0.3, 0.4) is 0 Å².